The third-order valence-electron chi connectivity index (χ3n) is 8.90. The summed E-state index contributed by atoms with van der Waals surface area (Å²) in [6.45, 7) is 9.22. The molecule has 0 aromatic heterocycles. The van der Waals surface area contributed by atoms with E-state index in [2.05, 4.69) is 13.8 Å². The zero-order valence-electron chi connectivity index (χ0n) is 23.9. The number of anilines is 1. The maximum absolute atomic E-state index is 14.4. The van der Waals surface area contributed by atoms with E-state index in [0.717, 1.165) is 24.3 Å². The first-order valence-corrected chi connectivity index (χ1v) is 15.5. The van der Waals surface area contributed by atoms with Crippen molar-refractivity contribution in [2.24, 2.45) is 11.8 Å². The minimum atomic E-state index is -0.880. The van der Waals surface area contributed by atoms with Gasteiger partial charge in [-0.25, -0.2) is 0 Å². The molecule has 8 nitrogen and oxygen atoms in total. The Morgan fingerprint density at radius 2 is 1.80 bits per heavy atom. The lowest BCUT2D eigenvalue weighted by Crippen LogP contribution is -2.57. The highest BCUT2D eigenvalue weighted by molar-refractivity contribution is 8.02. The van der Waals surface area contributed by atoms with Gasteiger partial charge in [0.1, 0.15) is 11.8 Å². The van der Waals surface area contributed by atoms with Crippen molar-refractivity contribution < 1.29 is 24.2 Å². The van der Waals surface area contributed by atoms with Crippen LogP contribution >= 0.6 is 11.8 Å². The summed E-state index contributed by atoms with van der Waals surface area (Å²) in [5.74, 6) is -0.985. The van der Waals surface area contributed by atoms with Gasteiger partial charge in [0.05, 0.1) is 35.8 Å². The molecule has 216 valence electrons. The van der Waals surface area contributed by atoms with Crippen molar-refractivity contribution in [3.8, 4) is 5.75 Å². The molecule has 0 saturated carbocycles. The van der Waals surface area contributed by atoms with Crippen LogP contribution in [0, 0.1) is 11.8 Å². The molecular weight excluding hydrogens is 526 g/mol. The number of fused-ring (bicyclic) bond motifs is 2. The summed E-state index contributed by atoms with van der Waals surface area (Å²) in [5.41, 5.74) is 0.748. The number of hydrogen-bond donors (Lipinski definition) is 1. The molecule has 1 N–H and O–H groups in total. The lowest BCUT2D eigenvalue weighted by atomic mass is 9.78. The summed E-state index contributed by atoms with van der Waals surface area (Å²) in [4.78, 5) is 48.4. The molecule has 0 radical (unpaired) electrons. The van der Waals surface area contributed by atoms with E-state index in [9.17, 15) is 19.5 Å². The minimum Gasteiger partial charge on any atom is -0.494 e. The highest BCUT2D eigenvalue weighted by Crippen LogP contribution is 2.61. The van der Waals surface area contributed by atoms with Crippen LogP contribution in [0.5, 0.6) is 5.75 Å². The molecule has 1 aromatic rings. The third kappa shape index (κ3) is 4.55. The highest BCUT2D eigenvalue weighted by Gasteiger charge is 2.71. The van der Waals surface area contributed by atoms with Crippen LogP contribution in [0.4, 0.5) is 5.69 Å². The van der Waals surface area contributed by atoms with Crippen molar-refractivity contribution in [1.82, 2.24) is 9.80 Å². The molecule has 2 saturated heterocycles. The van der Waals surface area contributed by atoms with Crippen molar-refractivity contribution in [2.45, 2.75) is 75.1 Å². The fourth-order valence-electron chi connectivity index (χ4n) is 6.99. The quantitative estimate of drug-likeness (QED) is 0.459. The second-order valence-corrected chi connectivity index (χ2v) is 12.7. The van der Waals surface area contributed by atoms with E-state index in [0.29, 0.717) is 26.1 Å². The van der Waals surface area contributed by atoms with Gasteiger partial charge in [0, 0.05) is 30.1 Å². The monoisotopic (exact) mass is 567 g/mol. The second kappa shape index (κ2) is 11.6. The molecule has 7 atom stereocenters. The Morgan fingerprint density at radius 1 is 1.05 bits per heavy atom. The number of likely N-dealkylation sites (tertiary alicyclic amines) is 1. The topological polar surface area (TPSA) is 90.4 Å². The lowest BCUT2D eigenvalue weighted by molar-refractivity contribution is -0.146. The number of aliphatic hydroxyl groups is 1. The Hall–Kier alpha value is -2.78. The van der Waals surface area contributed by atoms with Gasteiger partial charge >= 0.3 is 0 Å². The number of ether oxygens (including phenoxy) is 1. The molecule has 1 aromatic carbocycles. The number of aliphatic hydroxyl groups excluding tert-OH is 1. The smallest absolute Gasteiger partial charge is 0.247 e. The van der Waals surface area contributed by atoms with Gasteiger partial charge in [-0.1, -0.05) is 44.6 Å². The number of benzene rings is 1. The van der Waals surface area contributed by atoms with E-state index >= 15 is 0 Å². The van der Waals surface area contributed by atoms with E-state index < -0.39 is 28.7 Å². The number of amides is 3. The summed E-state index contributed by atoms with van der Waals surface area (Å²) < 4.78 is 4.70. The summed E-state index contributed by atoms with van der Waals surface area (Å²) in [6, 6.07) is 6.23. The maximum Gasteiger partial charge on any atom is 0.247 e. The van der Waals surface area contributed by atoms with Crippen LogP contribution in [0.25, 0.3) is 0 Å². The predicted octanol–water partition coefficient (Wildman–Crippen LogP) is 3.64. The Morgan fingerprint density at radius 3 is 2.45 bits per heavy atom. The van der Waals surface area contributed by atoms with Crippen LogP contribution in [-0.2, 0) is 14.4 Å². The van der Waals surface area contributed by atoms with Crippen LogP contribution in [0.2, 0.25) is 0 Å². The summed E-state index contributed by atoms with van der Waals surface area (Å²) in [7, 11) is 0. The Balaban J connectivity index is 1.57. The van der Waals surface area contributed by atoms with E-state index in [1.54, 1.807) is 21.6 Å². The molecule has 4 aliphatic heterocycles. The molecule has 3 amide bonds. The van der Waals surface area contributed by atoms with E-state index in [1.165, 1.54) is 0 Å². The van der Waals surface area contributed by atoms with Crippen LogP contribution < -0.4 is 9.64 Å². The first-order valence-electron chi connectivity index (χ1n) is 14.6. The van der Waals surface area contributed by atoms with Crippen molar-refractivity contribution in [3.05, 3.63) is 48.6 Å². The number of nitrogens with zero attached hydrogens (tertiary/aromatic N) is 3. The van der Waals surface area contributed by atoms with Crippen molar-refractivity contribution in [1.29, 1.82) is 0 Å². The molecular formula is C31H41N3O5S. The molecule has 1 spiro atoms. The fraction of sp³-hybridized carbons (Fsp3) is 0.581. The van der Waals surface area contributed by atoms with Crippen molar-refractivity contribution >= 4 is 35.2 Å². The van der Waals surface area contributed by atoms with Gasteiger partial charge < -0.3 is 24.5 Å². The molecule has 0 aliphatic carbocycles. The van der Waals surface area contributed by atoms with Gasteiger partial charge in [-0.3, -0.25) is 14.4 Å². The molecule has 5 rings (SSSR count). The Bertz CT molecular complexity index is 1180. The van der Waals surface area contributed by atoms with E-state index in [-0.39, 0.29) is 35.6 Å². The van der Waals surface area contributed by atoms with Crippen LogP contribution in [0.15, 0.2) is 48.6 Å². The largest absolute Gasteiger partial charge is 0.494 e. The Kier molecular flexibility index (Phi) is 8.34. The van der Waals surface area contributed by atoms with E-state index in [4.69, 9.17) is 4.74 Å². The highest BCUT2D eigenvalue weighted by atomic mass is 32.2. The lowest BCUT2D eigenvalue weighted by Gasteiger charge is -2.39. The Labute approximate surface area is 241 Å². The van der Waals surface area contributed by atoms with Gasteiger partial charge in [0.2, 0.25) is 17.7 Å². The molecule has 4 aliphatic rings. The predicted molar refractivity (Wildman–Crippen MR) is 157 cm³/mol. The molecule has 2 unspecified atom stereocenters. The van der Waals surface area contributed by atoms with Gasteiger partial charge in [0.25, 0.3) is 0 Å². The fourth-order valence-corrected chi connectivity index (χ4v) is 8.99. The molecule has 9 heteroatoms. The average Bonchev–Trinajstić information content (AvgIpc) is 3.26. The van der Waals surface area contributed by atoms with Gasteiger partial charge in [-0.2, -0.15) is 0 Å². The average molecular weight is 568 g/mol. The van der Waals surface area contributed by atoms with Crippen LogP contribution in [0.1, 0.15) is 47.0 Å². The number of thioether (sulfide) groups is 1. The first kappa shape index (κ1) is 28.7. The summed E-state index contributed by atoms with van der Waals surface area (Å²) in [5, 5.41) is 10.1. The molecule has 0 bridgehead atoms. The third-order valence-corrected chi connectivity index (χ3v) is 10.6. The number of carbonyl (C=O) groups excluding carboxylic acids is 3. The first-order chi connectivity index (χ1) is 19.3. The SMILES string of the molecule is CCCC(C)N1CC=C[C@]23S[C@H]4C=CCN(c5ccc(OCC)cc5)C(=O)[C@H]4[C@H]2C(=O)N([C@@H](CC)CO)C3C1=O. The zero-order valence-corrected chi connectivity index (χ0v) is 24.7. The number of hydrogen-bond acceptors (Lipinski definition) is 6. The molecule has 40 heavy (non-hydrogen) atoms. The van der Waals surface area contributed by atoms with Crippen molar-refractivity contribution in [2.75, 3.05) is 31.2 Å². The van der Waals surface area contributed by atoms with Crippen LogP contribution in [-0.4, -0.2) is 87.1 Å². The van der Waals surface area contributed by atoms with Gasteiger partial charge in [-0.15, -0.1) is 11.8 Å². The van der Waals surface area contributed by atoms with E-state index in [1.807, 2.05) is 67.3 Å². The standard InChI is InChI=1S/C31H41N3O5S/c1-5-10-20(4)32-18-9-16-31-26(29(37)34(21(6-2)19-35)27(31)30(32)38)25-24(40-31)11-8-17-33(28(25)36)22-12-14-23(15-13-22)39-7-3/h8-9,11-16,20-21,24-27,35H,5-7,10,17-19H2,1-4H3/t20?,21-,24-,25+,26-,27?,31-/m0/s1. The number of rotatable bonds is 9. The molecule has 4 heterocycles. The minimum absolute atomic E-state index is 0.0241. The zero-order chi connectivity index (χ0) is 28.6. The van der Waals surface area contributed by atoms with Gasteiger partial charge in [0.15, 0.2) is 0 Å². The van der Waals surface area contributed by atoms with Crippen LogP contribution in [0.3, 0.4) is 0 Å². The summed E-state index contributed by atoms with van der Waals surface area (Å²) in [6.07, 6.45) is 10.4. The van der Waals surface area contributed by atoms with Gasteiger partial charge in [-0.05, 0) is 51.0 Å². The maximum atomic E-state index is 14.4. The van der Waals surface area contributed by atoms with Crippen molar-refractivity contribution in [3.63, 3.8) is 0 Å². The summed E-state index contributed by atoms with van der Waals surface area (Å²) >= 11 is 1.58. The molecule has 2 fully saturated rings. The number of carbonyl (C=O) groups is 3. The second-order valence-electron chi connectivity index (χ2n) is 11.2. The normalized spacial score (nSPS) is 31.0.